The van der Waals surface area contributed by atoms with E-state index in [0.717, 1.165) is 5.56 Å². The van der Waals surface area contributed by atoms with Gasteiger partial charge in [-0.2, -0.15) is 18.2 Å². The molecule has 1 aliphatic rings. The number of rotatable bonds is 5. The van der Waals surface area contributed by atoms with Crippen LogP contribution in [-0.2, 0) is 6.18 Å². The summed E-state index contributed by atoms with van der Waals surface area (Å²) in [6.07, 6.45) is -2.90. The summed E-state index contributed by atoms with van der Waals surface area (Å²) in [5.74, 6) is -0.224. The summed E-state index contributed by atoms with van der Waals surface area (Å²) < 4.78 is 52.0. The fourth-order valence-corrected chi connectivity index (χ4v) is 3.42. The zero-order chi connectivity index (χ0) is 22.2. The van der Waals surface area contributed by atoms with Gasteiger partial charge >= 0.3 is 6.18 Å². The number of alkyl halides is 3. The third-order valence-electron chi connectivity index (χ3n) is 4.70. The lowest BCUT2D eigenvalue weighted by atomic mass is 10.0. The second kappa shape index (κ2) is 8.14. The molecule has 0 saturated carbocycles. The van der Waals surface area contributed by atoms with Crippen LogP contribution in [0, 0.1) is 0 Å². The Balaban J connectivity index is 1.83. The number of ether oxygens (including phenoxy) is 2. The van der Waals surface area contributed by atoms with Gasteiger partial charge in [-0.1, -0.05) is 29.8 Å². The highest BCUT2D eigenvalue weighted by molar-refractivity contribution is 6.30. The van der Waals surface area contributed by atoms with Crippen LogP contribution in [0.1, 0.15) is 29.9 Å². The van der Waals surface area contributed by atoms with Crippen LogP contribution >= 0.6 is 11.6 Å². The molecule has 0 amide bonds. The lowest BCUT2D eigenvalue weighted by molar-refractivity contribution is -0.145. The first kappa shape index (κ1) is 21.0. The number of hydrogen-bond acceptors (Lipinski definition) is 5. The van der Waals surface area contributed by atoms with E-state index < -0.39 is 18.0 Å². The summed E-state index contributed by atoms with van der Waals surface area (Å²) in [4.78, 5) is 3.67. The molecule has 162 valence electrons. The van der Waals surface area contributed by atoms with Crippen molar-refractivity contribution < 1.29 is 22.6 Å². The normalized spacial score (nSPS) is 15.7. The van der Waals surface area contributed by atoms with Crippen LogP contribution in [0.4, 0.5) is 19.1 Å². The van der Waals surface area contributed by atoms with Crippen LogP contribution in [0.5, 0.6) is 11.5 Å². The standard InChI is InChI=1S/C21H18ClF3N4O2/c1-3-31-17-9-6-13(10-18(17)30-2)16-11-15(12-4-7-14(22)8-5-12)26-20-27-19(21(23,24)25)28-29(16)20/h4-11,16H,3H2,1-2H3,(H,26,27,28)/t16-/m1/s1. The topological polar surface area (TPSA) is 61.2 Å². The number of hydrogen-bond donors (Lipinski definition) is 1. The maximum Gasteiger partial charge on any atom is 0.453 e. The Morgan fingerprint density at radius 1 is 1.13 bits per heavy atom. The molecule has 31 heavy (non-hydrogen) atoms. The van der Waals surface area contributed by atoms with E-state index in [4.69, 9.17) is 21.1 Å². The summed E-state index contributed by atoms with van der Waals surface area (Å²) in [7, 11) is 1.50. The number of fused-ring (bicyclic) bond motifs is 1. The molecular weight excluding hydrogens is 433 g/mol. The minimum Gasteiger partial charge on any atom is -0.493 e. The van der Waals surface area contributed by atoms with E-state index in [1.807, 2.05) is 6.92 Å². The van der Waals surface area contributed by atoms with Crippen LogP contribution in [0.15, 0.2) is 48.5 Å². The maximum atomic E-state index is 13.3. The molecule has 10 heteroatoms. The Labute approximate surface area is 181 Å². The van der Waals surface area contributed by atoms with Gasteiger partial charge in [-0.05, 0) is 48.4 Å². The van der Waals surface area contributed by atoms with E-state index in [2.05, 4.69) is 15.4 Å². The predicted molar refractivity (Wildman–Crippen MR) is 110 cm³/mol. The second-order valence-corrected chi connectivity index (χ2v) is 7.14. The molecule has 1 aromatic heterocycles. The number of halogens is 4. The summed E-state index contributed by atoms with van der Waals surface area (Å²) in [5, 5.41) is 7.20. The van der Waals surface area contributed by atoms with Gasteiger partial charge in [-0.3, -0.25) is 0 Å². The third-order valence-corrected chi connectivity index (χ3v) is 4.96. The molecule has 1 aliphatic heterocycles. The minimum atomic E-state index is -4.67. The molecule has 6 nitrogen and oxygen atoms in total. The molecule has 0 spiro atoms. The number of nitrogens with zero attached hydrogens (tertiary/aromatic N) is 3. The lowest BCUT2D eigenvalue weighted by Gasteiger charge is -2.25. The molecule has 0 bridgehead atoms. The highest BCUT2D eigenvalue weighted by Crippen LogP contribution is 2.38. The van der Waals surface area contributed by atoms with Gasteiger partial charge in [-0.25, -0.2) is 4.68 Å². The average Bonchev–Trinajstić information content (AvgIpc) is 3.19. The van der Waals surface area contributed by atoms with Gasteiger partial charge in [0.1, 0.15) is 6.04 Å². The highest BCUT2D eigenvalue weighted by Gasteiger charge is 2.39. The molecule has 2 heterocycles. The van der Waals surface area contributed by atoms with Crippen molar-refractivity contribution in [1.82, 2.24) is 14.8 Å². The molecule has 3 aromatic rings. The highest BCUT2D eigenvalue weighted by atomic mass is 35.5. The third kappa shape index (κ3) is 4.18. The maximum absolute atomic E-state index is 13.3. The molecule has 1 N–H and O–H groups in total. The van der Waals surface area contributed by atoms with Crippen molar-refractivity contribution in [1.29, 1.82) is 0 Å². The average molecular weight is 451 g/mol. The molecule has 0 fully saturated rings. The van der Waals surface area contributed by atoms with E-state index in [1.165, 1.54) is 11.8 Å². The van der Waals surface area contributed by atoms with Crippen molar-refractivity contribution in [2.45, 2.75) is 19.1 Å². The number of aromatic nitrogens is 3. The Morgan fingerprint density at radius 3 is 2.52 bits per heavy atom. The number of benzene rings is 2. The number of allylic oxidation sites excluding steroid dienone is 1. The summed E-state index contributed by atoms with van der Waals surface area (Å²) in [6, 6.07) is 11.5. The molecule has 0 saturated heterocycles. The predicted octanol–water partition coefficient (Wildman–Crippen LogP) is 5.41. The van der Waals surface area contributed by atoms with E-state index in [1.54, 1.807) is 48.5 Å². The van der Waals surface area contributed by atoms with Crippen LogP contribution in [0.25, 0.3) is 5.70 Å². The van der Waals surface area contributed by atoms with Gasteiger partial charge in [0.05, 0.1) is 13.7 Å². The van der Waals surface area contributed by atoms with Gasteiger partial charge in [0.25, 0.3) is 5.82 Å². The molecule has 0 radical (unpaired) electrons. The van der Waals surface area contributed by atoms with Gasteiger partial charge in [0.15, 0.2) is 11.5 Å². The second-order valence-electron chi connectivity index (χ2n) is 6.70. The van der Waals surface area contributed by atoms with Crippen LogP contribution in [0.2, 0.25) is 5.02 Å². The zero-order valence-electron chi connectivity index (χ0n) is 16.6. The van der Waals surface area contributed by atoms with Crippen LogP contribution < -0.4 is 14.8 Å². The summed E-state index contributed by atoms with van der Waals surface area (Å²) in [6.45, 7) is 2.30. The van der Waals surface area contributed by atoms with Crippen LogP contribution in [0.3, 0.4) is 0 Å². The van der Waals surface area contributed by atoms with Crippen molar-refractivity contribution in [2.75, 3.05) is 19.0 Å². The monoisotopic (exact) mass is 450 g/mol. The van der Waals surface area contributed by atoms with E-state index in [0.29, 0.717) is 34.4 Å². The van der Waals surface area contributed by atoms with E-state index in [-0.39, 0.29) is 5.95 Å². The van der Waals surface area contributed by atoms with Crippen molar-refractivity contribution in [3.05, 3.63) is 70.5 Å². The Bertz CT molecular complexity index is 1130. The van der Waals surface area contributed by atoms with Gasteiger partial charge in [0, 0.05) is 10.7 Å². The summed E-state index contributed by atoms with van der Waals surface area (Å²) >= 11 is 5.97. The van der Waals surface area contributed by atoms with Crippen molar-refractivity contribution >= 4 is 23.2 Å². The number of anilines is 1. The molecular formula is C21H18ClF3N4O2. The Kier molecular flexibility index (Phi) is 5.53. The molecule has 2 aromatic carbocycles. The largest absolute Gasteiger partial charge is 0.493 e. The SMILES string of the molecule is CCOc1ccc([C@H]2C=C(c3ccc(Cl)cc3)Nc3nc(C(F)(F)F)nn32)cc1OC. The van der Waals surface area contributed by atoms with Crippen molar-refractivity contribution in [3.63, 3.8) is 0 Å². The Hall–Kier alpha value is -3.20. The fraction of sp³-hybridized carbons (Fsp3) is 0.238. The molecule has 0 unspecified atom stereocenters. The minimum absolute atomic E-state index is 0.0161. The fourth-order valence-electron chi connectivity index (χ4n) is 3.29. The van der Waals surface area contributed by atoms with E-state index >= 15 is 0 Å². The molecule has 1 atom stereocenters. The van der Waals surface area contributed by atoms with Crippen molar-refractivity contribution in [2.24, 2.45) is 0 Å². The first-order valence-corrected chi connectivity index (χ1v) is 9.77. The first-order valence-electron chi connectivity index (χ1n) is 9.39. The van der Waals surface area contributed by atoms with Crippen molar-refractivity contribution in [3.8, 4) is 11.5 Å². The number of nitrogens with one attached hydrogen (secondary N) is 1. The first-order chi connectivity index (χ1) is 14.8. The summed E-state index contributed by atoms with van der Waals surface area (Å²) in [5.41, 5.74) is 1.99. The molecule has 4 rings (SSSR count). The van der Waals surface area contributed by atoms with E-state index in [9.17, 15) is 13.2 Å². The van der Waals surface area contributed by atoms with Gasteiger partial charge < -0.3 is 14.8 Å². The Morgan fingerprint density at radius 2 is 1.87 bits per heavy atom. The number of methoxy groups -OCH3 is 1. The lowest BCUT2D eigenvalue weighted by Crippen LogP contribution is -2.20. The van der Waals surface area contributed by atoms with Gasteiger partial charge in [-0.15, -0.1) is 5.10 Å². The van der Waals surface area contributed by atoms with Crippen LogP contribution in [-0.4, -0.2) is 28.5 Å². The quantitative estimate of drug-likeness (QED) is 0.563. The van der Waals surface area contributed by atoms with Gasteiger partial charge in [0.2, 0.25) is 5.95 Å². The molecule has 0 aliphatic carbocycles. The zero-order valence-corrected chi connectivity index (χ0v) is 17.3. The smallest absolute Gasteiger partial charge is 0.453 e.